The smallest absolute Gasteiger partial charge is 0.362 e. The summed E-state index contributed by atoms with van der Waals surface area (Å²) in [4.78, 5) is 25.6. The lowest BCUT2D eigenvalue weighted by Gasteiger charge is -2.38. The Balaban J connectivity index is 2.21. The van der Waals surface area contributed by atoms with Gasteiger partial charge in [-0.15, -0.1) is 0 Å². The number of benzene rings is 1. The van der Waals surface area contributed by atoms with Crippen molar-refractivity contribution >= 4 is 17.3 Å². The maximum absolute atomic E-state index is 12.8. The molecule has 0 radical (unpaired) electrons. The number of carbonyl (C=O) groups excluding carboxylic acids is 1. The lowest BCUT2D eigenvalue weighted by molar-refractivity contribution is -0.384. The highest BCUT2D eigenvalue weighted by atomic mass is 19.4. The summed E-state index contributed by atoms with van der Waals surface area (Å²) in [6.07, 6.45) is -4.65. The molecule has 0 bridgehead atoms. The second-order valence-electron chi connectivity index (χ2n) is 6.46. The van der Waals surface area contributed by atoms with Gasteiger partial charge in [-0.2, -0.15) is 13.2 Å². The molecule has 10 heteroatoms. The highest BCUT2D eigenvalue weighted by Gasteiger charge is 2.35. The van der Waals surface area contributed by atoms with Gasteiger partial charge in [0.25, 0.3) is 5.69 Å². The first kappa shape index (κ1) is 19.0. The molecule has 1 heterocycles. The van der Waals surface area contributed by atoms with E-state index in [1.54, 1.807) is 23.6 Å². The molecule has 1 aromatic carbocycles. The molecule has 1 saturated heterocycles. The zero-order valence-corrected chi connectivity index (χ0v) is 13.8. The Morgan fingerprint density at radius 1 is 1.20 bits per heavy atom. The van der Waals surface area contributed by atoms with E-state index in [0.29, 0.717) is 6.07 Å². The van der Waals surface area contributed by atoms with Crippen molar-refractivity contribution in [3.63, 3.8) is 0 Å². The Bertz CT molecular complexity index is 678. The largest absolute Gasteiger partial charge is 0.416 e. The first-order chi connectivity index (χ1) is 11.4. The number of hydrogen-bond donors (Lipinski definition) is 1. The van der Waals surface area contributed by atoms with Crippen LogP contribution in [0.5, 0.6) is 0 Å². The zero-order chi connectivity index (χ0) is 19.0. The van der Waals surface area contributed by atoms with E-state index >= 15 is 0 Å². The molecule has 1 aromatic rings. The number of piperazine rings is 1. The van der Waals surface area contributed by atoms with Crippen LogP contribution in [-0.4, -0.2) is 47.4 Å². The Kier molecular flexibility index (Phi) is 4.94. The Labute approximate surface area is 142 Å². The summed E-state index contributed by atoms with van der Waals surface area (Å²) in [6, 6.07) is 2.46. The van der Waals surface area contributed by atoms with Crippen LogP contribution in [0.4, 0.5) is 24.5 Å². The minimum Gasteiger partial charge on any atom is -0.362 e. The number of nitrogens with zero attached hydrogens (tertiary/aromatic N) is 3. The van der Waals surface area contributed by atoms with Crippen molar-refractivity contribution in [3.05, 3.63) is 33.9 Å². The van der Waals surface area contributed by atoms with E-state index in [1.165, 1.54) is 0 Å². The van der Waals surface area contributed by atoms with E-state index in [9.17, 15) is 28.1 Å². The van der Waals surface area contributed by atoms with Crippen molar-refractivity contribution in [2.75, 3.05) is 31.1 Å². The average Bonchev–Trinajstić information content (AvgIpc) is 2.52. The van der Waals surface area contributed by atoms with Crippen LogP contribution in [-0.2, 0) is 11.0 Å². The molecule has 25 heavy (non-hydrogen) atoms. The van der Waals surface area contributed by atoms with Gasteiger partial charge in [-0.25, -0.2) is 0 Å². The number of nitro benzene ring substituents is 1. The van der Waals surface area contributed by atoms with Gasteiger partial charge >= 0.3 is 6.18 Å². The number of nitrogens with two attached hydrogens (primary N) is 1. The van der Waals surface area contributed by atoms with E-state index in [-0.39, 0.29) is 37.8 Å². The second-order valence-corrected chi connectivity index (χ2v) is 6.46. The van der Waals surface area contributed by atoms with Crippen molar-refractivity contribution < 1.29 is 22.9 Å². The minimum atomic E-state index is -4.65. The third-order valence-corrected chi connectivity index (χ3v) is 3.96. The lowest BCUT2D eigenvalue weighted by Crippen LogP contribution is -2.57. The van der Waals surface area contributed by atoms with Gasteiger partial charge < -0.3 is 15.5 Å². The molecule has 7 nitrogen and oxygen atoms in total. The predicted octanol–water partition coefficient (Wildman–Crippen LogP) is 2.00. The van der Waals surface area contributed by atoms with E-state index in [1.807, 2.05) is 0 Å². The van der Waals surface area contributed by atoms with Crippen LogP contribution in [0.25, 0.3) is 0 Å². The van der Waals surface area contributed by atoms with Gasteiger partial charge in [-0.1, -0.05) is 0 Å². The summed E-state index contributed by atoms with van der Waals surface area (Å²) in [5.74, 6) is -0.242. The van der Waals surface area contributed by atoms with E-state index in [4.69, 9.17) is 5.73 Å². The van der Waals surface area contributed by atoms with Gasteiger partial charge in [0.05, 0.1) is 16.0 Å². The summed E-state index contributed by atoms with van der Waals surface area (Å²) in [7, 11) is 0. The molecule has 2 rings (SSSR count). The van der Waals surface area contributed by atoms with Gasteiger partial charge in [0.2, 0.25) is 5.91 Å². The maximum Gasteiger partial charge on any atom is 0.416 e. The molecular weight excluding hydrogens is 341 g/mol. The molecule has 0 unspecified atom stereocenters. The molecule has 0 aromatic heterocycles. The Morgan fingerprint density at radius 2 is 1.76 bits per heavy atom. The number of rotatable bonds is 3. The van der Waals surface area contributed by atoms with Crippen LogP contribution in [0.2, 0.25) is 0 Å². The van der Waals surface area contributed by atoms with Gasteiger partial charge in [0.15, 0.2) is 0 Å². The van der Waals surface area contributed by atoms with Gasteiger partial charge in [-0.3, -0.25) is 14.9 Å². The van der Waals surface area contributed by atoms with Crippen molar-refractivity contribution in [1.29, 1.82) is 0 Å². The standard InChI is InChI=1S/C15H19F3N4O3/c1-14(2,19)13(23)21-7-5-20(6-8-21)11-4-3-10(15(16,17)18)9-12(11)22(24)25/h3-4,9H,5-8,19H2,1-2H3. The number of halogens is 3. The van der Waals surface area contributed by atoms with Gasteiger partial charge in [0.1, 0.15) is 5.69 Å². The number of amides is 1. The summed E-state index contributed by atoms with van der Waals surface area (Å²) in [6.45, 7) is 4.29. The Morgan fingerprint density at radius 3 is 2.20 bits per heavy atom. The molecule has 0 spiro atoms. The average molecular weight is 360 g/mol. The fourth-order valence-electron chi connectivity index (χ4n) is 2.67. The molecule has 1 aliphatic rings. The highest BCUT2D eigenvalue weighted by Crippen LogP contribution is 2.36. The first-order valence-electron chi connectivity index (χ1n) is 7.60. The number of nitro groups is 1. The lowest BCUT2D eigenvalue weighted by atomic mass is 10.0. The molecule has 0 atom stereocenters. The summed E-state index contributed by atoms with van der Waals surface area (Å²) in [5.41, 5.74) is 3.19. The third-order valence-electron chi connectivity index (χ3n) is 3.96. The summed E-state index contributed by atoms with van der Waals surface area (Å²) >= 11 is 0. The molecule has 2 N–H and O–H groups in total. The number of hydrogen-bond acceptors (Lipinski definition) is 5. The predicted molar refractivity (Wildman–Crippen MR) is 85.2 cm³/mol. The zero-order valence-electron chi connectivity index (χ0n) is 13.8. The molecule has 0 saturated carbocycles. The minimum absolute atomic E-state index is 0.108. The molecular formula is C15H19F3N4O3. The quantitative estimate of drug-likeness (QED) is 0.657. The molecule has 0 aliphatic carbocycles. The maximum atomic E-state index is 12.8. The molecule has 1 aliphatic heterocycles. The monoisotopic (exact) mass is 360 g/mol. The van der Waals surface area contributed by atoms with Crippen LogP contribution in [0.15, 0.2) is 18.2 Å². The third kappa shape index (κ3) is 4.19. The second kappa shape index (κ2) is 6.51. The number of carbonyl (C=O) groups is 1. The van der Waals surface area contributed by atoms with Crippen LogP contribution in [0.1, 0.15) is 19.4 Å². The van der Waals surface area contributed by atoms with E-state index in [2.05, 4.69) is 0 Å². The summed E-state index contributed by atoms with van der Waals surface area (Å²) < 4.78 is 38.3. The fraction of sp³-hybridized carbons (Fsp3) is 0.533. The van der Waals surface area contributed by atoms with Gasteiger partial charge in [-0.05, 0) is 26.0 Å². The van der Waals surface area contributed by atoms with Crippen molar-refractivity contribution in [1.82, 2.24) is 4.90 Å². The molecule has 138 valence electrons. The van der Waals surface area contributed by atoms with Gasteiger partial charge in [0, 0.05) is 32.2 Å². The van der Waals surface area contributed by atoms with Crippen molar-refractivity contribution in [2.24, 2.45) is 5.73 Å². The van der Waals surface area contributed by atoms with E-state index < -0.39 is 27.9 Å². The van der Waals surface area contributed by atoms with Crippen LogP contribution >= 0.6 is 0 Å². The number of anilines is 1. The SMILES string of the molecule is CC(C)(N)C(=O)N1CCN(c2ccc(C(F)(F)F)cc2[N+](=O)[O-])CC1. The topological polar surface area (TPSA) is 92.7 Å². The fourth-order valence-corrected chi connectivity index (χ4v) is 2.67. The number of alkyl halides is 3. The van der Waals surface area contributed by atoms with Crippen molar-refractivity contribution in [3.8, 4) is 0 Å². The van der Waals surface area contributed by atoms with Crippen LogP contribution in [0, 0.1) is 10.1 Å². The highest BCUT2D eigenvalue weighted by molar-refractivity contribution is 5.85. The Hall–Kier alpha value is -2.36. The first-order valence-corrected chi connectivity index (χ1v) is 7.60. The normalized spacial score (nSPS) is 16.1. The van der Waals surface area contributed by atoms with Crippen LogP contribution in [0.3, 0.4) is 0 Å². The van der Waals surface area contributed by atoms with Crippen molar-refractivity contribution in [2.45, 2.75) is 25.6 Å². The molecule has 1 fully saturated rings. The summed E-state index contributed by atoms with van der Waals surface area (Å²) in [5, 5.41) is 11.2. The molecule has 1 amide bonds. The van der Waals surface area contributed by atoms with Crippen LogP contribution < -0.4 is 10.6 Å². The van der Waals surface area contributed by atoms with E-state index in [0.717, 1.165) is 12.1 Å².